The van der Waals surface area contributed by atoms with Crippen LogP contribution in [-0.2, 0) is 0 Å². The second kappa shape index (κ2) is 4.39. The monoisotopic (exact) mass is 277 g/mol. The molecule has 2 aromatic carbocycles. The Morgan fingerprint density at radius 1 is 1.25 bits per heavy atom. The number of rotatable bonds is 1. The molecule has 3 nitrogen and oxygen atoms in total. The van der Waals surface area contributed by atoms with Crippen LogP contribution in [-0.4, -0.2) is 15.7 Å². The number of hydrogen-bond acceptors (Lipinski definition) is 3. The highest BCUT2D eigenvalue weighted by atomic mass is 32.2. The number of nitrogens with zero attached hydrogens (tertiary/aromatic N) is 2. The van der Waals surface area contributed by atoms with Gasteiger partial charge in [0.15, 0.2) is 0 Å². The van der Waals surface area contributed by atoms with Gasteiger partial charge in [-0.3, -0.25) is 0 Å². The molecule has 4 rings (SSSR count). The molecule has 4 heteroatoms. The van der Waals surface area contributed by atoms with Crippen LogP contribution in [0.1, 0.15) is 22.9 Å². The normalized spacial score (nSPS) is 17.1. The lowest BCUT2D eigenvalue weighted by molar-refractivity contribution is 0.859. The number of fused-ring (bicyclic) bond motifs is 2. The van der Waals surface area contributed by atoms with Crippen molar-refractivity contribution in [2.24, 2.45) is 0 Å². The van der Waals surface area contributed by atoms with Gasteiger partial charge in [-0.15, -0.1) is 11.8 Å². The van der Waals surface area contributed by atoms with E-state index in [9.17, 15) is 0 Å². The van der Waals surface area contributed by atoms with E-state index in [1.54, 1.807) is 0 Å². The molecule has 0 spiro atoms. The number of imidazole rings is 1. The van der Waals surface area contributed by atoms with E-state index in [4.69, 9.17) is 10.2 Å². The summed E-state index contributed by atoms with van der Waals surface area (Å²) in [5.74, 6) is 2.33. The predicted octanol–water partition coefficient (Wildman–Crippen LogP) is 3.67. The van der Waals surface area contributed by atoms with E-state index in [1.165, 1.54) is 10.5 Å². The van der Waals surface area contributed by atoms with Crippen molar-refractivity contribution in [3.63, 3.8) is 0 Å². The molecule has 20 heavy (non-hydrogen) atoms. The average molecular weight is 277 g/mol. The number of benzene rings is 2. The fourth-order valence-electron chi connectivity index (χ4n) is 2.65. The molecule has 1 aliphatic rings. The summed E-state index contributed by atoms with van der Waals surface area (Å²) < 4.78 is 0. The largest absolute Gasteiger partial charge is 0.341 e. The van der Waals surface area contributed by atoms with Gasteiger partial charge in [0.2, 0.25) is 0 Å². The summed E-state index contributed by atoms with van der Waals surface area (Å²) in [6, 6.07) is 16.2. The summed E-state index contributed by atoms with van der Waals surface area (Å²) in [6.07, 6.45) is 0. The van der Waals surface area contributed by atoms with Crippen molar-refractivity contribution < 1.29 is 0 Å². The smallest absolute Gasteiger partial charge is 0.115 e. The molecule has 0 fully saturated rings. The Hall–Kier alpha value is -2.25. The lowest BCUT2D eigenvalue weighted by atomic mass is 10.0. The van der Waals surface area contributed by atoms with Gasteiger partial charge in [-0.05, 0) is 29.8 Å². The molecule has 0 aliphatic carbocycles. The van der Waals surface area contributed by atoms with Crippen molar-refractivity contribution in [3.05, 3.63) is 59.4 Å². The molecular weight excluding hydrogens is 266 g/mol. The van der Waals surface area contributed by atoms with Crippen molar-refractivity contribution in [1.29, 1.82) is 5.26 Å². The Bertz CT molecular complexity index is 844. The van der Waals surface area contributed by atoms with Crippen LogP contribution < -0.4 is 0 Å². The molecule has 0 amide bonds. The molecular formula is C16H11N3S. The molecule has 96 valence electrons. The average Bonchev–Trinajstić information content (AvgIpc) is 3.09. The number of H-pyrrole nitrogens is 1. The second-order valence-corrected chi connectivity index (χ2v) is 5.93. The molecule has 0 saturated carbocycles. The van der Waals surface area contributed by atoms with Gasteiger partial charge in [-0.2, -0.15) is 5.26 Å². The number of aromatic amines is 1. The highest BCUT2D eigenvalue weighted by Gasteiger charge is 2.26. The molecule has 3 aromatic rings. The maximum Gasteiger partial charge on any atom is 0.115 e. The van der Waals surface area contributed by atoms with Crippen LogP contribution in [0.2, 0.25) is 0 Å². The fourth-order valence-corrected chi connectivity index (χ4v) is 3.89. The molecule has 2 heterocycles. The highest BCUT2D eigenvalue weighted by molar-refractivity contribution is 7.99. The molecule has 0 radical (unpaired) electrons. The standard InChI is InChI=1S/C16H11N3S/c17-8-10-5-6-13-14(7-10)19-16(18-13)12-9-20-15-4-2-1-3-11(12)15/h1-7,12H,9H2,(H,18,19). The van der Waals surface area contributed by atoms with Crippen LogP contribution in [0, 0.1) is 11.3 Å². The van der Waals surface area contributed by atoms with Crippen LogP contribution in [0.4, 0.5) is 0 Å². The van der Waals surface area contributed by atoms with Gasteiger partial charge >= 0.3 is 0 Å². The molecule has 0 bridgehead atoms. The molecule has 1 aromatic heterocycles. The van der Waals surface area contributed by atoms with Crippen molar-refractivity contribution in [3.8, 4) is 6.07 Å². The SMILES string of the molecule is N#Cc1ccc2nc(C3CSc4ccccc43)[nH]c2c1. The summed E-state index contributed by atoms with van der Waals surface area (Å²) in [7, 11) is 0. The number of nitrogens with one attached hydrogen (secondary N) is 1. The minimum Gasteiger partial charge on any atom is -0.341 e. The van der Waals surface area contributed by atoms with E-state index in [0.29, 0.717) is 11.5 Å². The minimum absolute atomic E-state index is 0.314. The maximum atomic E-state index is 8.96. The first kappa shape index (κ1) is 11.6. The molecule has 1 atom stereocenters. The van der Waals surface area contributed by atoms with Crippen LogP contribution in [0.25, 0.3) is 11.0 Å². The van der Waals surface area contributed by atoms with E-state index in [1.807, 2.05) is 30.0 Å². The lowest BCUT2D eigenvalue weighted by Crippen LogP contribution is -2.01. The quantitative estimate of drug-likeness (QED) is 0.738. The Morgan fingerprint density at radius 3 is 3.05 bits per heavy atom. The van der Waals surface area contributed by atoms with E-state index in [-0.39, 0.29) is 0 Å². The van der Waals surface area contributed by atoms with Crippen LogP contribution >= 0.6 is 11.8 Å². The number of nitriles is 1. The summed E-state index contributed by atoms with van der Waals surface area (Å²) in [5.41, 5.74) is 3.87. The number of thioether (sulfide) groups is 1. The topological polar surface area (TPSA) is 52.5 Å². The lowest BCUT2D eigenvalue weighted by Gasteiger charge is -2.06. The zero-order valence-electron chi connectivity index (χ0n) is 10.6. The van der Waals surface area contributed by atoms with Gasteiger partial charge in [0.1, 0.15) is 5.82 Å². The van der Waals surface area contributed by atoms with E-state index in [0.717, 1.165) is 22.6 Å². The van der Waals surface area contributed by atoms with Gasteiger partial charge in [-0.25, -0.2) is 4.98 Å². The predicted molar refractivity (Wildman–Crippen MR) is 79.8 cm³/mol. The highest BCUT2D eigenvalue weighted by Crippen LogP contribution is 2.42. The van der Waals surface area contributed by atoms with Gasteiger partial charge in [0, 0.05) is 10.6 Å². The zero-order valence-corrected chi connectivity index (χ0v) is 11.4. The first-order valence-electron chi connectivity index (χ1n) is 6.46. The molecule has 1 aliphatic heterocycles. The summed E-state index contributed by atoms with van der Waals surface area (Å²) in [4.78, 5) is 9.41. The zero-order chi connectivity index (χ0) is 13.5. The van der Waals surface area contributed by atoms with Crippen molar-refractivity contribution in [1.82, 2.24) is 9.97 Å². The molecule has 1 unspecified atom stereocenters. The van der Waals surface area contributed by atoms with E-state index in [2.05, 4.69) is 35.3 Å². The van der Waals surface area contributed by atoms with E-state index < -0.39 is 0 Å². The number of hydrogen-bond donors (Lipinski definition) is 1. The fraction of sp³-hybridized carbons (Fsp3) is 0.125. The van der Waals surface area contributed by atoms with Crippen LogP contribution in [0.15, 0.2) is 47.4 Å². The molecule has 1 N–H and O–H groups in total. The van der Waals surface area contributed by atoms with E-state index >= 15 is 0 Å². The summed E-state index contributed by atoms with van der Waals surface area (Å²) >= 11 is 1.88. The first-order valence-corrected chi connectivity index (χ1v) is 7.45. The third-order valence-corrected chi connectivity index (χ3v) is 4.84. The van der Waals surface area contributed by atoms with Gasteiger partial charge < -0.3 is 4.98 Å². The third kappa shape index (κ3) is 1.71. The number of aromatic nitrogens is 2. The maximum absolute atomic E-state index is 8.96. The van der Waals surface area contributed by atoms with Gasteiger partial charge in [0.05, 0.1) is 28.6 Å². The Balaban J connectivity index is 1.82. The van der Waals surface area contributed by atoms with Gasteiger partial charge in [0.25, 0.3) is 0 Å². The van der Waals surface area contributed by atoms with Crippen molar-refractivity contribution >= 4 is 22.8 Å². The third-order valence-electron chi connectivity index (χ3n) is 3.66. The summed E-state index contributed by atoms with van der Waals surface area (Å²) in [6.45, 7) is 0. The summed E-state index contributed by atoms with van der Waals surface area (Å²) in [5, 5.41) is 8.96. The van der Waals surface area contributed by atoms with Crippen molar-refractivity contribution in [2.45, 2.75) is 10.8 Å². The Labute approximate surface area is 120 Å². The van der Waals surface area contributed by atoms with Crippen molar-refractivity contribution in [2.75, 3.05) is 5.75 Å². The first-order chi connectivity index (χ1) is 9.85. The molecule has 0 saturated heterocycles. The van der Waals surface area contributed by atoms with Crippen LogP contribution in [0.5, 0.6) is 0 Å². The second-order valence-electron chi connectivity index (χ2n) is 4.87. The Kier molecular flexibility index (Phi) is 2.54. The van der Waals surface area contributed by atoms with Crippen LogP contribution in [0.3, 0.4) is 0 Å². The minimum atomic E-state index is 0.314. The van der Waals surface area contributed by atoms with Gasteiger partial charge in [-0.1, -0.05) is 18.2 Å². The Morgan fingerprint density at radius 2 is 2.15 bits per heavy atom.